The van der Waals surface area contributed by atoms with Crippen molar-refractivity contribution in [3.05, 3.63) is 0 Å². The molecule has 108 valence electrons. The summed E-state index contributed by atoms with van der Waals surface area (Å²) < 4.78 is 0. The van der Waals surface area contributed by atoms with E-state index in [-0.39, 0.29) is 5.91 Å². The molecule has 0 atom stereocenters. The summed E-state index contributed by atoms with van der Waals surface area (Å²) in [4.78, 5) is 15.1. The highest BCUT2D eigenvalue weighted by Gasteiger charge is 2.50. The molecule has 3 aliphatic carbocycles. The zero-order valence-electron chi connectivity index (χ0n) is 12.1. The van der Waals surface area contributed by atoms with Crippen molar-refractivity contribution in [2.24, 2.45) is 5.73 Å². The summed E-state index contributed by atoms with van der Waals surface area (Å²) in [5.41, 5.74) is 5.74. The van der Waals surface area contributed by atoms with Gasteiger partial charge in [0.2, 0.25) is 5.91 Å². The quantitative estimate of drug-likeness (QED) is 0.852. The molecule has 0 unspecified atom stereocenters. The van der Waals surface area contributed by atoms with E-state index in [4.69, 9.17) is 5.73 Å². The van der Waals surface area contributed by atoms with Crippen LogP contribution in [0.15, 0.2) is 0 Å². The molecule has 0 spiro atoms. The van der Waals surface area contributed by atoms with Gasteiger partial charge in [0.25, 0.3) is 0 Å². The zero-order chi connectivity index (χ0) is 13.3. The molecule has 0 aromatic carbocycles. The van der Waals surface area contributed by atoms with Gasteiger partial charge in [-0.25, -0.2) is 0 Å². The molecule has 0 aromatic heterocycles. The second-order valence-electron chi connectivity index (χ2n) is 6.95. The van der Waals surface area contributed by atoms with Crippen LogP contribution in [0.5, 0.6) is 0 Å². The number of rotatable bonds is 3. The van der Waals surface area contributed by atoms with E-state index in [9.17, 15) is 4.79 Å². The number of hydrogen-bond donors (Lipinski definition) is 1. The molecule has 3 fully saturated rings. The molecule has 3 nitrogen and oxygen atoms in total. The third-order valence-corrected chi connectivity index (χ3v) is 5.39. The van der Waals surface area contributed by atoms with Crippen LogP contribution >= 0.6 is 0 Å². The molecule has 19 heavy (non-hydrogen) atoms. The maximum Gasteiger partial charge on any atom is 0.243 e. The first-order valence-electron chi connectivity index (χ1n) is 8.32. The van der Waals surface area contributed by atoms with Crippen molar-refractivity contribution < 1.29 is 4.79 Å². The maximum absolute atomic E-state index is 12.8. The lowest BCUT2D eigenvalue weighted by atomic mass is 9.88. The van der Waals surface area contributed by atoms with Gasteiger partial charge in [-0.3, -0.25) is 4.79 Å². The topological polar surface area (TPSA) is 46.3 Å². The lowest BCUT2D eigenvalue weighted by Gasteiger charge is -2.43. The van der Waals surface area contributed by atoms with E-state index in [1.807, 2.05) is 0 Å². The molecule has 0 heterocycles. The summed E-state index contributed by atoms with van der Waals surface area (Å²) in [5, 5.41) is 0. The first kappa shape index (κ1) is 13.4. The molecular weight excluding hydrogens is 236 g/mol. The van der Waals surface area contributed by atoms with Crippen LogP contribution in [0.2, 0.25) is 0 Å². The van der Waals surface area contributed by atoms with Gasteiger partial charge in [0.15, 0.2) is 0 Å². The van der Waals surface area contributed by atoms with Crippen molar-refractivity contribution >= 4 is 5.91 Å². The SMILES string of the molecule is NC1(C(=O)N(C2CCCCC2)C2CCCCC2)CC1. The lowest BCUT2D eigenvalue weighted by Crippen LogP contribution is -2.55. The maximum atomic E-state index is 12.8. The summed E-state index contributed by atoms with van der Waals surface area (Å²) in [6.07, 6.45) is 14.5. The van der Waals surface area contributed by atoms with Crippen molar-refractivity contribution in [2.75, 3.05) is 0 Å². The molecule has 3 rings (SSSR count). The number of carbonyl (C=O) groups excluding carboxylic acids is 1. The smallest absolute Gasteiger partial charge is 0.243 e. The number of hydrogen-bond acceptors (Lipinski definition) is 2. The number of carbonyl (C=O) groups is 1. The lowest BCUT2D eigenvalue weighted by molar-refractivity contribution is -0.140. The number of nitrogens with two attached hydrogens (primary N) is 1. The van der Waals surface area contributed by atoms with Crippen LogP contribution < -0.4 is 5.73 Å². The molecule has 0 bridgehead atoms. The number of nitrogens with zero attached hydrogens (tertiary/aromatic N) is 1. The molecule has 0 radical (unpaired) electrons. The van der Waals surface area contributed by atoms with E-state index in [0.29, 0.717) is 12.1 Å². The average molecular weight is 264 g/mol. The highest BCUT2D eigenvalue weighted by atomic mass is 16.2. The minimum absolute atomic E-state index is 0.284. The minimum atomic E-state index is -0.477. The van der Waals surface area contributed by atoms with E-state index < -0.39 is 5.54 Å². The Bertz CT molecular complexity index is 308. The van der Waals surface area contributed by atoms with Crippen molar-refractivity contribution in [3.63, 3.8) is 0 Å². The second kappa shape index (κ2) is 5.43. The van der Waals surface area contributed by atoms with Crippen molar-refractivity contribution in [1.82, 2.24) is 4.90 Å². The molecule has 0 aromatic rings. The highest BCUT2D eigenvalue weighted by molar-refractivity contribution is 5.89. The van der Waals surface area contributed by atoms with Crippen LogP contribution in [0.3, 0.4) is 0 Å². The van der Waals surface area contributed by atoms with Gasteiger partial charge in [-0.05, 0) is 38.5 Å². The Kier molecular flexibility index (Phi) is 3.84. The summed E-state index contributed by atoms with van der Waals surface area (Å²) in [5.74, 6) is 0.284. The Morgan fingerprint density at radius 1 is 0.842 bits per heavy atom. The highest BCUT2D eigenvalue weighted by Crippen LogP contribution is 2.39. The van der Waals surface area contributed by atoms with Gasteiger partial charge < -0.3 is 10.6 Å². The fourth-order valence-corrected chi connectivity index (χ4v) is 3.95. The van der Waals surface area contributed by atoms with Gasteiger partial charge in [-0.15, -0.1) is 0 Å². The Balaban J connectivity index is 1.75. The summed E-state index contributed by atoms with van der Waals surface area (Å²) in [6.45, 7) is 0. The van der Waals surface area contributed by atoms with Crippen LogP contribution in [-0.4, -0.2) is 28.4 Å². The van der Waals surface area contributed by atoms with Gasteiger partial charge in [0.1, 0.15) is 0 Å². The van der Waals surface area contributed by atoms with Gasteiger partial charge in [0, 0.05) is 12.1 Å². The van der Waals surface area contributed by atoms with Crippen LogP contribution in [0.25, 0.3) is 0 Å². The van der Waals surface area contributed by atoms with Crippen LogP contribution in [0.1, 0.15) is 77.0 Å². The normalized spacial score (nSPS) is 28.1. The van der Waals surface area contributed by atoms with Gasteiger partial charge in [-0.1, -0.05) is 38.5 Å². The fourth-order valence-electron chi connectivity index (χ4n) is 3.95. The van der Waals surface area contributed by atoms with E-state index >= 15 is 0 Å². The first-order valence-corrected chi connectivity index (χ1v) is 8.32. The molecule has 3 aliphatic rings. The molecule has 2 N–H and O–H groups in total. The van der Waals surface area contributed by atoms with E-state index in [2.05, 4.69) is 4.90 Å². The Morgan fingerprint density at radius 2 is 1.26 bits per heavy atom. The third kappa shape index (κ3) is 2.81. The predicted molar refractivity (Wildman–Crippen MR) is 76.7 cm³/mol. The van der Waals surface area contributed by atoms with E-state index in [0.717, 1.165) is 12.8 Å². The standard InChI is InChI=1S/C16H28N2O/c17-16(11-12-16)15(19)18(13-7-3-1-4-8-13)14-9-5-2-6-10-14/h13-14H,1-12,17H2. The minimum Gasteiger partial charge on any atom is -0.335 e. The van der Waals surface area contributed by atoms with Crippen LogP contribution in [-0.2, 0) is 4.79 Å². The molecular formula is C16H28N2O. The Morgan fingerprint density at radius 3 is 1.63 bits per heavy atom. The van der Waals surface area contributed by atoms with Crippen LogP contribution in [0, 0.1) is 0 Å². The summed E-state index contributed by atoms with van der Waals surface area (Å²) in [7, 11) is 0. The van der Waals surface area contributed by atoms with Crippen molar-refractivity contribution in [2.45, 2.75) is 94.7 Å². The Labute approximate surface area is 116 Å². The van der Waals surface area contributed by atoms with Gasteiger partial charge >= 0.3 is 0 Å². The third-order valence-electron chi connectivity index (χ3n) is 5.39. The van der Waals surface area contributed by atoms with Gasteiger partial charge in [-0.2, -0.15) is 0 Å². The molecule has 0 saturated heterocycles. The molecule has 3 saturated carbocycles. The first-order chi connectivity index (χ1) is 9.21. The Hall–Kier alpha value is -0.570. The van der Waals surface area contributed by atoms with Gasteiger partial charge in [0.05, 0.1) is 5.54 Å². The summed E-state index contributed by atoms with van der Waals surface area (Å²) >= 11 is 0. The average Bonchev–Trinajstić information content (AvgIpc) is 3.21. The van der Waals surface area contributed by atoms with Crippen LogP contribution in [0.4, 0.5) is 0 Å². The number of amides is 1. The molecule has 0 aliphatic heterocycles. The van der Waals surface area contributed by atoms with E-state index in [1.54, 1.807) is 0 Å². The zero-order valence-corrected chi connectivity index (χ0v) is 12.1. The van der Waals surface area contributed by atoms with Crippen molar-refractivity contribution in [1.29, 1.82) is 0 Å². The molecule has 3 heteroatoms. The second-order valence-corrected chi connectivity index (χ2v) is 6.95. The largest absolute Gasteiger partial charge is 0.335 e. The predicted octanol–water partition coefficient (Wildman–Crippen LogP) is 2.97. The van der Waals surface area contributed by atoms with Crippen molar-refractivity contribution in [3.8, 4) is 0 Å². The monoisotopic (exact) mass is 264 g/mol. The summed E-state index contributed by atoms with van der Waals surface area (Å²) in [6, 6.07) is 0.982. The fraction of sp³-hybridized carbons (Fsp3) is 0.938. The molecule has 1 amide bonds. The van der Waals surface area contributed by atoms with E-state index in [1.165, 1.54) is 64.2 Å².